The largest absolute Gasteiger partial charge is 0.367 e. The lowest BCUT2D eigenvalue weighted by atomic mass is 9.94. The standard InChI is InChI=1S/C18H19BrN4/c19-15-12-20-23-10-9-17(22-18(15)23)21-16-8-4-7-14(16)11-13-5-2-1-3-6-13/h1-3,5-6,9-10,12,14,16H,4,7-8,11H2,(H,21,22). The van der Waals surface area contributed by atoms with E-state index in [4.69, 9.17) is 0 Å². The zero-order valence-corrected chi connectivity index (χ0v) is 14.4. The SMILES string of the molecule is Brc1cnn2ccc(NC3CCCC3Cc3ccccc3)nc12. The minimum absolute atomic E-state index is 0.492. The number of nitrogens with zero attached hydrogens (tertiary/aromatic N) is 3. The molecule has 3 aromatic rings. The van der Waals surface area contributed by atoms with E-state index in [0.717, 1.165) is 22.4 Å². The highest BCUT2D eigenvalue weighted by atomic mass is 79.9. The molecule has 0 bridgehead atoms. The molecule has 4 rings (SSSR count). The van der Waals surface area contributed by atoms with Gasteiger partial charge in [-0.3, -0.25) is 0 Å². The van der Waals surface area contributed by atoms with Crippen LogP contribution in [-0.2, 0) is 6.42 Å². The maximum absolute atomic E-state index is 4.68. The van der Waals surface area contributed by atoms with E-state index >= 15 is 0 Å². The summed E-state index contributed by atoms with van der Waals surface area (Å²) in [6, 6.07) is 13.3. The minimum atomic E-state index is 0.492. The van der Waals surface area contributed by atoms with E-state index in [1.165, 1.54) is 24.8 Å². The maximum atomic E-state index is 4.68. The van der Waals surface area contributed by atoms with Crippen molar-refractivity contribution in [1.29, 1.82) is 0 Å². The lowest BCUT2D eigenvalue weighted by molar-refractivity contribution is 0.501. The summed E-state index contributed by atoms with van der Waals surface area (Å²) in [5.74, 6) is 1.60. The van der Waals surface area contributed by atoms with E-state index in [1.54, 1.807) is 10.7 Å². The zero-order chi connectivity index (χ0) is 15.6. The lowest BCUT2D eigenvalue weighted by Gasteiger charge is -2.21. The second-order valence-corrected chi connectivity index (χ2v) is 7.06. The Kier molecular flexibility index (Phi) is 4.04. The molecule has 1 aromatic carbocycles. The van der Waals surface area contributed by atoms with Gasteiger partial charge in [0.2, 0.25) is 0 Å². The van der Waals surface area contributed by atoms with Gasteiger partial charge < -0.3 is 5.32 Å². The molecule has 2 aromatic heterocycles. The molecule has 23 heavy (non-hydrogen) atoms. The number of hydrogen-bond acceptors (Lipinski definition) is 3. The van der Waals surface area contributed by atoms with Gasteiger partial charge in [-0.05, 0) is 52.7 Å². The first-order valence-corrected chi connectivity index (χ1v) is 8.89. The first kappa shape index (κ1) is 14.7. The Morgan fingerprint density at radius 3 is 2.91 bits per heavy atom. The van der Waals surface area contributed by atoms with Gasteiger partial charge in [0.15, 0.2) is 5.65 Å². The molecule has 0 radical (unpaired) electrons. The van der Waals surface area contributed by atoms with Crippen molar-refractivity contribution in [2.45, 2.75) is 31.7 Å². The quantitative estimate of drug-likeness (QED) is 0.743. The second kappa shape index (κ2) is 6.32. The minimum Gasteiger partial charge on any atom is -0.367 e. The van der Waals surface area contributed by atoms with Gasteiger partial charge in [-0.1, -0.05) is 36.8 Å². The predicted molar refractivity (Wildman–Crippen MR) is 95.6 cm³/mol. The van der Waals surface area contributed by atoms with Gasteiger partial charge >= 0.3 is 0 Å². The van der Waals surface area contributed by atoms with Crippen LogP contribution in [0.2, 0.25) is 0 Å². The Hall–Kier alpha value is -1.88. The van der Waals surface area contributed by atoms with Gasteiger partial charge in [-0.25, -0.2) is 9.50 Å². The Bertz CT molecular complexity index is 799. The Balaban J connectivity index is 1.50. The highest BCUT2D eigenvalue weighted by Gasteiger charge is 2.27. The summed E-state index contributed by atoms with van der Waals surface area (Å²) in [5, 5.41) is 7.89. The van der Waals surface area contributed by atoms with Crippen molar-refractivity contribution in [3.63, 3.8) is 0 Å². The smallest absolute Gasteiger partial charge is 0.171 e. The molecule has 2 heterocycles. The van der Waals surface area contributed by atoms with Crippen LogP contribution in [0, 0.1) is 5.92 Å². The van der Waals surface area contributed by atoms with Crippen molar-refractivity contribution in [2.24, 2.45) is 5.92 Å². The number of rotatable bonds is 4. The van der Waals surface area contributed by atoms with Gasteiger partial charge in [-0.2, -0.15) is 5.10 Å². The highest BCUT2D eigenvalue weighted by molar-refractivity contribution is 9.10. The van der Waals surface area contributed by atoms with Crippen molar-refractivity contribution in [3.8, 4) is 0 Å². The summed E-state index contributed by atoms with van der Waals surface area (Å²) < 4.78 is 2.71. The van der Waals surface area contributed by atoms with Crippen LogP contribution in [0.25, 0.3) is 5.65 Å². The number of fused-ring (bicyclic) bond motifs is 1. The molecule has 2 unspecified atom stereocenters. The normalized spacial score (nSPS) is 20.9. The summed E-state index contributed by atoms with van der Waals surface area (Å²) in [5.41, 5.74) is 2.28. The molecule has 1 N–H and O–H groups in total. The molecule has 118 valence electrons. The van der Waals surface area contributed by atoms with E-state index in [2.05, 4.69) is 61.7 Å². The number of anilines is 1. The van der Waals surface area contributed by atoms with Crippen LogP contribution in [-0.4, -0.2) is 20.6 Å². The number of benzene rings is 1. The lowest BCUT2D eigenvalue weighted by Crippen LogP contribution is -2.26. The van der Waals surface area contributed by atoms with Crippen LogP contribution >= 0.6 is 15.9 Å². The van der Waals surface area contributed by atoms with Crippen molar-refractivity contribution >= 4 is 27.4 Å². The average molecular weight is 371 g/mol. The van der Waals surface area contributed by atoms with Crippen LogP contribution in [0.1, 0.15) is 24.8 Å². The van der Waals surface area contributed by atoms with E-state index in [-0.39, 0.29) is 0 Å². The molecule has 1 saturated carbocycles. The molecule has 5 heteroatoms. The summed E-state index contributed by atoms with van der Waals surface area (Å²) in [6.45, 7) is 0. The monoisotopic (exact) mass is 370 g/mol. The number of aromatic nitrogens is 3. The fraction of sp³-hybridized carbons (Fsp3) is 0.333. The van der Waals surface area contributed by atoms with E-state index in [0.29, 0.717) is 12.0 Å². The molecular formula is C18H19BrN4. The van der Waals surface area contributed by atoms with E-state index in [9.17, 15) is 0 Å². The van der Waals surface area contributed by atoms with Gasteiger partial charge in [0.1, 0.15) is 5.82 Å². The Morgan fingerprint density at radius 1 is 1.17 bits per heavy atom. The predicted octanol–water partition coefficient (Wildman–Crippen LogP) is 4.32. The van der Waals surface area contributed by atoms with Gasteiger partial charge in [0.25, 0.3) is 0 Å². The van der Waals surface area contributed by atoms with E-state index in [1.807, 2.05) is 12.3 Å². The summed E-state index contributed by atoms with van der Waals surface area (Å²) >= 11 is 3.50. The highest BCUT2D eigenvalue weighted by Crippen LogP contribution is 2.31. The first-order valence-electron chi connectivity index (χ1n) is 8.10. The maximum Gasteiger partial charge on any atom is 0.171 e. The second-order valence-electron chi connectivity index (χ2n) is 6.21. The fourth-order valence-corrected chi connectivity index (χ4v) is 3.86. The molecule has 1 aliphatic rings. The number of hydrogen-bond donors (Lipinski definition) is 1. The molecule has 0 saturated heterocycles. The van der Waals surface area contributed by atoms with Crippen LogP contribution in [0.5, 0.6) is 0 Å². The van der Waals surface area contributed by atoms with Crippen molar-refractivity contribution in [3.05, 3.63) is 58.8 Å². The molecule has 4 nitrogen and oxygen atoms in total. The molecule has 0 amide bonds. The summed E-state index contributed by atoms with van der Waals surface area (Å²) in [4.78, 5) is 4.68. The molecular weight excluding hydrogens is 352 g/mol. The number of nitrogens with one attached hydrogen (secondary N) is 1. The van der Waals surface area contributed by atoms with Crippen LogP contribution < -0.4 is 5.32 Å². The third-order valence-corrected chi connectivity index (χ3v) is 5.22. The third-order valence-electron chi connectivity index (χ3n) is 4.66. The molecule has 1 aliphatic carbocycles. The Labute approximate surface area is 144 Å². The Morgan fingerprint density at radius 2 is 2.04 bits per heavy atom. The number of halogens is 1. The molecule has 1 fully saturated rings. The fourth-order valence-electron chi connectivity index (χ4n) is 3.50. The van der Waals surface area contributed by atoms with E-state index < -0.39 is 0 Å². The average Bonchev–Trinajstić information content (AvgIpc) is 3.16. The summed E-state index contributed by atoms with van der Waals surface area (Å²) in [7, 11) is 0. The molecule has 0 aliphatic heterocycles. The third kappa shape index (κ3) is 3.11. The van der Waals surface area contributed by atoms with Crippen LogP contribution in [0.4, 0.5) is 5.82 Å². The van der Waals surface area contributed by atoms with Gasteiger partial charge in [-0.15, -0.1) is 0 Å². The van der Waals surface area contributed by atoms with Gasteiger partial charge in [0, 0.05) is 12.2 Å². The van der Waals surface area contributed by atoms with Gasteiger partial charge in [0.05, 0.1) is 10.7 Å². The molecule has 2 atom stereocenters. The van der Waals surface area contributed by atoms with Crippen molar-refractivity contribution < 1.29 is 0 Å². The summed E-state index contributed by atoms with van der Waals surface area (Å²) in [6.07, 6.45) is 8.65. The van der Waals surface area contributed by atoms with Crippen molar-refractivity contribution in [2.75, 3.05) is 5.32 Å². The zero-order valence-electron chi connectivity index (χ0n) is 12.8. The first-order chi connectivity index (χ1) is 11.3. The topological polar surface area (TPSA) is 42.2 Å². The van der Waals surface area contributed by atoms with Crippen molar-refractivity contribution in [1.82, 2.24) is 14.6 Å². The van der Waals surface area contributed by atoms with Crippen LogP contribution in [0.15, 0.2) is 53.3 Å². The van der Waals surface area contributed by atoms with Crippen LogP contribution in [0.3, 0.4) is 0 Å². The molecule has 0 spiro atoms.